The summed E-state index contributed by atoms with van der Waals surface area (Å²) in [6.07, 6.45) is 34.3. The quantitative estimate of drug-likeness (QED) is 0.0571. The van der Waals surface area contributed by atoms with Crippen molar-refractivity contribution in [2.45, 2.75) is 89.4 Å². The summed E-state index contributed by atoms with van der Waals surface area (Å²) in [6.45, 7) is 21.4. The Morgan fingerprint density at radius 1 is 0.364 bits per heavy atom. The number of para-hydroxylation sites is 1. The maximum Gasteiger partial charge on any atom is 0.246 e. The van der Waals surface area contributed by atoms with Gasteiger partial charge >= 0.3 is 0 Å². The molecule has 8 aromatic heterocycles. The fraction of sp³-hybridized carbons (Fsp3) is 0.192. The number of aromatic nitrogens is 12. The summed E-state index contributed by atoms with van der Waals surface area (Å²) in [4.78, 5) is 93.9. The molecule has 0 aliphatic carbocycles. The number of fused-ring (bicyclic) bond motifs is 4. The normalized spacial score (nSPS) is 15.6. The van der Waals surface area contributed by atoms with Crippen molar-refractivity contribution in [2.24, 2.45) is 0 Å². The van der Waals surface area contributed by atoms with Gasteiger partial charge in [0.2, 0.25) is 29.4 Å². The predicted octanol–water partition coefficient (Wildman–Crippen LogP) is 21.6. The van der Waals surface area contributed by atoms with Gasteiger partial charge in [-0.05, 0) is 235 Å². The van der Waals surface area contributed by atoms with Gasteiger partial charge in [-0.15, -0.1) is 0 Å². The van der Waals surface area contributed by atoms with Crippen LogP contribution < -0.4 is 28.4 Å². The van der Waals surface area contributed by atoms with Gasteiger partial charge in [-0.25, -0.2) is 19.9 Å². The number of carbonyl (C=O) groups excluding carboxylic acids is 4. The first kappa shape index (κ1) is 88.1. The number of nitrogens with zero attached hydrogens (tertiary/aromatic N) is 16. The van der Waals surface area contributed by atoms with Gasteiger partial charge in [0.1, 0.15) is 69.3 Å². The summed E-state index contributed by atoms with van der Waals surface area (Å²) in [5.41, 5.74) is 12.4. The predicted molar refractivity (Wildman–Crippen MR) is 503 cm³/mol. The molecule has 4 aliphatic rings. The minimum absolute atomic E-state index is 0.0579. The summed E-state index contributed by atoms with van der Waals surface area (Å²) in [5.74, 6) is 8.25. The lowest BCUT2D eigenvalue weighted by Gasteiger charge is -2.22. The van der Waals surface area contributed by atoms with E-state index in [1.165, 1.54) is 37.5 Å². The molecule has 26 nitrogen and oxygen atoms in total. The largest absolute Gasteiger partial charge is 0.496 e. The van der Waals surface area contributed by atoms with E-state index in [-0.39, 0.29) is 59.3 Å². The molecule has 0 bridgehead atoms. The fourth-order valence-electron chi connectivity index (χ4n) is 17.4. The maximum atomic E-state index is 14.4. The van der Waals surface area contributed by atoms with Crippen LogP contribution in [0.5, 0.6) is 57.5 Å². The molecule has 0 radical (unpaired) electrons. The van der Waals surface area contributed by atoms with Crippen LogP contribution in [-0.2, 0) is 19.2 Å². The van der Waals surface area contributed by atoms with E-state index in [9.17, 15) is 23.6 Å². The highest BCUT2D eigenvalue weighted by Crippen LogP contribution is 2.44. The van der Waals surface area contributed by atoms with Gasteiger partial charge in [-0.2, -0.15) is 4.39 Å². The third kappa shape index (κ3) is 18.5. The Bertz CT molecular complexity index is 6770. The van der Waals surface area contributed by atoms with Crippen molar-refractivity contribution in [3.8, 4) is 103 Å². The Labute approximate surface area is 766 Å². The van der Waals surface area contributed by atoms with Gasteiger partial charge in [-0.1, -0.05) is 80.4 Å². The molecule has 20 rings (SSSR count). The number of aryl methyl sites for hydroxylation is 1. The fourth-order valence-corrected chi connectivity index (χ4v) is 17.6. The van der Waals surface area contributed by atoms with E-state index < -0.39 is 5.82 Å². The second kappa shape index (κ2) is 39.8. The molecule has 0 spiro atoms. The zero-order valence-electron chi connectivity index (χ0n) is 73.2. The molecule has 28 heteroatoms. The highest BCUT2D eigenvalue weighted by atomic mass is 35.5. The first-order chi connectivity index (χ1) is 64.5. The van der Waals surface area contributed by atoms with Crippen LogP contribution in [0.4, 0.5) is 4.39 Å². The van der Waals surface area contributed by atoms with Crippen LogP contribution in [0.2, 0.25) is 5.02 Å². The standard InChI is InChI=1S/C27H26N4O3.C26H23FN4O3.C26H24N4O2.C25H21ClN4O2/c1-4-25(32)30-15-6-7-21(30)27-29-26(22-17-28-14-16-31(22)27)19-10-12-20(13-11-19)34-24-9-5-8-23(33-3)18(24)2;1-3-23(32)30-14-5-6-19(30)26-29-25(20-16-28-13-15-31(20)26)17-9-11-18(12-10-17)34-22-8-4-7-21(33-2)24(22)27;1-3-24(31)29-14-5-8-22(29)26-28-25(23-17-27-13-15-30(23)26)19-9-11-20(12-10-19)32-21-7-4-6-18(2)16-21;1-2-23(31)29-13-6-9-20(29)25-28-24(21-16-27-12-14-30(21)25)17-10-11-22(19(26)15-17)32-18-7-4-3-5-8-18/h4-5,8-14,16-17,21H,1,6-7,15H2,2-3H3;3-4,7-13,15-16,19H,1,5-6,14H2,2H3;3-4,6-7,9-13,15-17,22H,1,5,8,14H2,2H3;2-5,7-8,10-12,14-16,20H,1,6,9,13H2/t21-;19-;22-;20-/m0000/s1. The summed E-state index contributed by atoms with van der Waals surface area (Å²) >= 11 is 6.56. The van der Waals surface area contributed by atoms with E-state index in [0.29, 0.717) is 41.9 Å². The number of imidazole rings is 4. The number of likely N-dealkylation sites (tertiary alicyclic amines) is 4. The lowest BCUT2D eigenvalue weighted by atomic mass is 10.1. The lowest BCUT2D eigenvalue weighted by Crippen LogP contribution is -2.29. The first-order valence-electron chi connectivity index (χ1n) is 43.4. The lowest BCUT2D eigenvalue weighted by molar-refractivity contribution is -0.127. The number of amides is 4. The van der Waals surface area contributed by atoms with Crippen molar-refractivity contribution in [2.75, 3.05) is 40.4 Å². The maximum absolute atomic E-state index is 14.4. The van der Waals surface area contributed by atoms with Gasteiger partial charge in [0.15, 0.2) is 11.5 Å². The van der Waals surface area contributed by atoms with E-state index in [4.69, 9.17) is 60.0 Å². The number of hydrogen-bond donors (Lipinski definition) is 0. The molecule has 8 aromatic carbocycles. The Morgan fingerprint density at radius 2 is 0.689 bits per heavy atom. The molecular formula is C104H94ClFN16O10. The molecule has 4 fully saturated rings. The van der Waals surface area contributed by atoms with Crippen LogP contribution in [0.3, 0.4) is 0 Å². The Hall–Kier alpha value is -15.9. The number of hydrogen-bond acceptors (Lipinski definition) is 18. The third-order valence-corrected chi connectivity index (χ3v) is 24.1. The van der Waals surface area contributed by atoms with Gasteiger partial charge in [-0.3, -0.25) is 56.7 Å². The van der Waals surface area contributed by atoms with Crippen LogP contribution >= 0.6 is 11.6 Å². The number of carbonyl (C=O) groups is 4. The number of rotatable bonds is 22. The number of halogens is 2. The zero-order valence-corrected chi connectivity index (χ0v) is 73.9. The molecule has 664 valence electrons. The number of methoxy groups -OCH3 is 2. The van der Waals surface area contributed by atoms with Crippen LogP contribution in [0.25, 0.3) is 67.1 Å². The van der Waals surface area contributed by atoms with E-state index in [2.05, 4.69) is 46.3 Å². The number of benzene rings is 8. The average Bonchev–Trinajstić information content (AvgIpc) is 1.62. The molecule has 0 saturated carbocycles. The van der Waals surface area contributed by atoms with E-state index in [1.54, 1.807) is 68.6 Å². The van der Waals surface area contributed by atoms with Crippen LogP contribution in [-0.4, -0.2) is 141 Å². The van der Waals surface area contributed by atoms with Gasteiger partial charge in [0.05, 0.1) is 113 Å². The first-order valence-corrected chi connectivity index (χ1v) is 43.8. The third-order valence-electron chi connectivity index (χ3n) is 23.8. The van der Waals surface area contributed by atoms with Crippen molar-refractivity contribution >= 4 is 57.3 Å². The second-order valence-electron chi connectivity index (χ2n) is 31.8. The Kier molecular flexibility index (Phi) is 26.6. The Balaban J connectivity index is 0.000000123. The molecule has 132 heavy (non-hydrogen) atoms. The molecule has 16 aromatic rings. The minimum atomic E-state index is -0.555. The van der Waals surface area contributed by atoms with Crippen molar-refractivity contribution in [1.29, 1.82) is 0 Å². The zero-order chi connectivity index (χ0) is 91.5. The molecule has 4 amide bonds. The monoisotopic (exact) mass is 1780 g/mol. The highest BCUT2D eigenvalue weighted by molar-refractivity contribution is 6.32. The van der Waals surface area contributed by atoms with Crippen LogP contribution in [0.1, 0.15) is 110 Å². The second-order valence-corrected chi connectivity index (χ2v) is 32.2. The molecule has 0 unspecified atom stereocenters. The minimum Gasteiger partial charge on any atom is -0.496 e. The summed E-state index contributed by atoms with van der Waals surface area (Å²) in [5, 5.41) is 0.488. The van der Waals surface area contributed by atoms with E-state index >= 15 is 0 Å². The van der Waals surface area contributed by atoms with Crippen molar-refractivity contribution < 1.29 is 52.0 Å². The smallest absolute Gasteiger partial charge is 0.246 e. The molecule has 4 aliphatic heterocycles. The van der Waals surface area contributed by atoms with Crippen LogP contribution in [0.15, 0.2) is 307 Å². The van der Waals surface area contributed by atoms with Crippen molar-refractivity contribution in [3.63, 3.8) is 0 Å². The van der Waals surface area contributed by atoms with Gasteiger partial charge in [0.25, 0.3) is 0 Å². The Morgan fingerprint density at radius 3 is 1.07 bits per heavy atom. The number of ether oxygens (including phenoxy) is 6. The SMILES string of the molecule is C=CC(=O)N1CCC[C@H]1c1nc(-c2ccc(Oc3cccc(C)c3)cc2)c2cnccn12.C=CC(=O)N1CCC[C@H]1c1nc(-c2ccc(Oc3cccc(OC)c3C)cc2)c2cnccn12.C=CC(=O)N1CCC[C@H]1c1nc(-c2ccc(Oc3cccc(OC)c3F)cc2)c2cnccn12.C=CC(=O)N1CCC[C@H]1c1nc(-c2ccc(Oc3ccccc3)c(Cl)c2)c2cnccn12. The van der Waals surface area contributed by atoms with Gasteiger partial charge < -0.3 is 48.0 Å². The van der Waals surface area contributed by atoms with Crippen molar-refractivity contribution in [1.82, 2.24) is 77.1 Å². The summed E-state index contributed by atoms with van der Waals surface area (Å²) in [6, 6.07) is 56.2. The van der Waals surface area contributed by atoms with Crippen LogP contribution in [0, 0.1) is 19.7 Å². The van der Waals surface area contributed by atoms with Crippen molar-refractivity contribution in [3.05, 3.63) is 352 Å². The molecule has 0 N–H and O–H groups in total. The van der Waals surface area contributed by atoms with Gasteiger partial charge in [0, 0.05) is 104 Å². The molecule has 4 atom stereocenters. The molecule has 4 saturated heterocycles. The van der Waals surface area contributed by atoms with E-state index in [1.807, 2.05) is 240 Å². The van der Waals surface area contributed by atoms with E-state index in [0.717, 1.165) is 188 Å². The highest BCUT2D eigenvalue weighted by Gasteiger charge is 2.38. The molecular weight excluding hydrogens is 1690 g/mol. The molecule has 12 heterocycles. The summed E-state index contributed by atoms with van der Waals surface area (Å²) in [7, 11) is 3.06. The average molecular weight is 1780 g/mol. The topological polar surface area (TPSA) is 257 Å². The summed E-state index contributed by atoms with van der Waals surface area (Å²) < 4.78 is 56.6.